The number of nitrogens with zero attached hydrogens (tertiary/aromatic N) is 3. The molecule has 0 saturated carbocycles. The van der Waals surface area contributed by atoms with E-state index in [0.717, 1.165) is 17.4 Å². The molecule has 13 heteroatoms. The van der Waals surface area contributed by atoms with Crippen LogP contribution in [0.1, 0.15) is 43.9 Å². The van der Waals surface area contributed by atoms with Gasteiger partial charge in [-0.2, -0.15) is 0 Å². The lowest BCUT2D eigenvalue weighted by atomic mass is 9.93. The number of nitro benzene ring substituents is 1. The molecule has 0 saturated heterocycles. The molecule has 0 bridgehead atoms. The predicted molar refractivity (Wildman–Crippen MR) is 150 cm³/mol. The van der Waals surface area contributed by atoms with Gasteiger partial charge in [0.25, 0.3) is 5.56 Å². The fraction of sp³-hybridized carbons (Fsp3) is 0.321. The van der Waals surface area contributed by atoms with Crippen LogP contribution in [0.2, 0.25) is 0 Å². The van der Waals surface area contributed by atoms with E-state index in [4.69, 9.17) is 23.9 Å². The number of nitro groups is 1. The number of esters is 1. The number of aromatic hydroxyl groups is 1. The van der Waals surface area contributed by atoms with Crippen LogP contribution in [0.25, 0.3) is 6.08 Å². The second kappa shape index (κ2) is 12.3. The summed E-state index contributed by atoms with van der Waals surface area (Å²) >= 11 is 1.06. The molecule has 12 nitrogen and oxygen atoms in total. The average Bonchev–Trinajstić information content (AvgIpc) is 3.26. The van der Waals surface area contributed by atoms with E-state index in [1.165, 1.54) is 38.0 Å². The maximum Gasteiger partial charge on any atom is 0.338 e. The van der Waals surface area contributed by atoms with Crippen molar-refractivity contribution in [3.05, 3.63) is 82.5 Å². The Morgan fingerprint density at radius 1 is 1.15 bits per heavy atom. The topological polar surface area (TPSA) is 152 Å². The maximum absolute atomic E-state index is 14.0. The molecule has 216 valence electrons. The highest BCUT2D eigenvalue weighted by atomic mass is 32.1. The van der Waals surface area contributed by atoms with Crippen LogP contribution in [0, 0.1) is 10.1 Å². The molecule has 41 heavy (non-hydrogen) atoms. The van der Waals surface area contributed by atoms with Gasteiger partial charge in [-0.15, -0.1) is 0 Å². The van der Waals surface area contributed by atoms with Gasteiger partial charge in [0.1, 0.15) is 17.5 Å². The van der Waals surface area contributed by atoms with Crippen molar-refractivity contribution >= 4 is 29.1 Å². The number of carbonyl (C=O) groups excluding carboxylic acids is 1. The lowest BCUT2D eigenvalue weighted by Gasteiger charge is -2.27. The minimum atomic E-state index is -0.956. The molecule has 1 N–H and O–H groups in total. The van der Waals surface area contributed by atoms with Gasteiger partial charge < -0.3 is 24.1 Å². The van der Waals surface area contributed by atoms with Crippen LogP contribution in [0.15, 0.2) is 51.4 Å². The summed E-state index contributed by atoms with van der Waals surface area (Å²) in [6.07, 6.45) is 2.57. The lowest BCUT2D eigenvalue weighted by Crippen LogP contribution is -2.40. The summed E-state index contributed by atoms with van der Waals surface area (Å²) in [7, 11) is 4.26. The molecular formula is C28H29N3O9S. The highest BCUT2D eigenvalue weighted by molar-refractivity contribution is 7.07. The summed E-state index contributed by atoms with van der Waals surface area (Å²) in [6.45, 7) is 3.77. The molecule has 1 atom stereocenters. The van der Waals surface area contributed by atoms with Gasteiger partial charge in [-0.05, 0) is 49.2 Å². The van der Waals surface area contributed by atoms with Gasteiger partial charge in [0.05, 0.1) is 48.7 Å². The smallest absolute Gasteiger partial charge is 0.338 e. The first-order chi connectivity index (χ1) is 19.7. The monoisotopic (exact) mass is 583 g/mol. The second-order valence-electron chi connectivity index (χ2n) is 8.87. The number of hydrogen-bond acceptors (Lipinski definition) is 11. The molecule has 1 aliphatic rings. The number of rotatable bonds is 10. The Morgan fingerprint density at radius 3 is 2.49 bits per heavy atom. The fourth-order valence-corrected chi connectivity index (χ4v) is 5.63. The Labute approximate surface area is 238 Å². The minimum Gasteiger partial charge on any atom is -0.500 e. The molecule has 0 radical (unpaired) electrons. The van der Waals surface area contributed by atoms with Crippen LogP contribution >= 0.6 is 11.3 Å². The number of hydrogen-bond donors (Lipinski definition) is 1. The Morgan fingerprint density at radius 2 is 1.88 bits per heavy atom. The largest absolute Gasteiger partial charge is 0.500 e. The molecule has 1 aliphatic heterocycles. The van der Waals surface area contributed by atoms with Crippen molar-refractivity contribution in [1.82, 2.24) is 4.57 Å². The summed E-state index contributed by atoms with van der Waals surface area (Å²) in [4.78, 5) is 43.2. The molecule has 0 aliphatic carbocycles. The highest BCUT2D eigenvalue weighted by Gasteiger charge is 2.36. The molecule has 2 heterocycles. The second-order valence-corrected chi connectivity index (χ2v) is 9.88. The van der Waals surface area contributed by atoms with E-state index in [1.54, 1.807) is 25.1 Å². The van der Waals surface area contributed by atoms with Gasteiger partial charge in [-0.1, -0.05) is 24.7 Å². The zero-order chi connectivity index (χ0) is 29.8. The number of thiazole rings is 1. The Kier molecular flexibility index (Phi) is 8.77. The summed E-state index contributed by atoms with van der Waals surface area (Å²) in [5, 5.41) is 21.7. The van der Waals surface area contributed by atoms with Crippen LogP contribution in [0.5, 0.6) is 23.0 Å². The molecule has 1 aromatic heterocycles. The van der Waals surface area contributed by atoms with Crippen molar-refractivity contribution in [3.63, 3.8) is 0 Å². The van der Waals surface area contributed by atoms with Crippen LogP contribution in [-0.2, 0) is 9.53 Å². The normalized spacial score (nSPS) is 14.8. The van der Waals surface area contributed by atoms with Crippen molar-refractivity contribution in [2.75, 3.05) is 27.9 Å². The summed E-state index contributed by atoms with van der Waals surface area (Å²) in [5.41, 5.74) is 0.378. The first kappa shape index (κ1) is 29.3. The number of ether oxygens (including phenoxy) is 4. The molecule has 2 aromatic carbocycles. The Bertz CT molecular complexity index is 1720. The number of phenolic OH excluding ortho intramolecular Hbond substituents is 1. The van der Waals surface area contributed by atoms with Crippen molar-refractivity contribution in [1.29, 1.82) is 0 Å². The predicted octanol–water partition coefficient (Wildman–Crippen LogP) is 3.22. The summed E-state index contributed by atoms with van der Waals surface area (Å²) < 4.78 is 23.2. The van der Waals surface area contributed by atoms with Crippen LogP contribution in [0.3, 0.4) is 0 Å². The van der Waals surface area contributed by atoms with Crippen molar-refractivity contribution in [2.45, 2.75) is 32.7 Å². The zero-order valence-electron chi connectivity index (χ0n) is 23.1. The van der Waals surface area contributed by atoms with E-state index in [-0.39, 0.29) is 28.0 Å². The number of fused-ring (bicyclic) bond motifs is 1. The number of methoxy groups -OCH3 is 3. The van der Waals surface area contributed by atoms with Crippen molar-refractivity contribution in [2.24, 2.45) is 4.99 Å². The van der Waals surface area contributed by atoms with Crippen LogP contribution in [0.4, 0.5) is 5.69 Å². The standard InChI is InChI=1S/C28H29N3O9S/c1-6-8-18-23(27(34)40-7-2)24(17-14-16(37-3)9-10-20(17)38-4)30-26(33)22(41-28(30)29-18)13-15-11-19(31(35)36)25(32)21(12-15)39-5/h9-14,24,32H,6-8H2,1-5H3/b22-13-/t24-/m0/s1. The zero-order valence-corrected chi connectivity index (χ0v) is 23.9. The van der Waals surface area contributed by atoms with Gasteiger partial charge in [-0.3, -0.25) is 19.5 Å². The van der Waals surface area contributed by atoms with Crippen molar-refractivity contribution < 1.29 is 33.8 Å². The van der Waals surface area contributed by atoms with E-state index < -0.39 is 33.9 Å². The lowest BCUT2D eigenvalue weighted by molar-refractivity contribution is -0.386. The van der Waals surface area contributed by atoms with Gasteiger partial charge in [0.2, 0.25) is 5.75 Å². The molecule has 0 amide bonds. The molecule has 0 spiro atoms. The van der Waals surface area contributed by atoms with Gasteiger partial charge in [-0.25, -0.2) is 9.79 Å². The highest BCUT2D eigenvalue weighted by Crippen LogP contribution is 2.39. The van der Waals surface area contributed by atoms with E-state index in [0.29, 0.717) is 40.4 Å². The minimum absolute atomic E-state index is 0.118. The molecule has 4 rings (SSSR count). The van der Waals surface area contributed by atoms with Crippen LogP contribution in [-0.4, -0.2) is 48.5 Å². The first-order valence-corrected chi connectivity index (χ1v) is 13.5. The number of phenols is 1. The maximum atomic E-state index is 14.0. The van der Waals surface area contributed by atoms with Crippen LogP contribution < -0.4 is 29.1 Å². The number of aromatic nitrogens is 1. The van der Waals surface area contributed by atoms with E-state index in [2.05, 4.69) is 0 Å². The number of allylic oxidation sites excluding steroid dienone is 1. The number of benzene rings is 2. The number of carbonyl (C=O) groups is 1. The SMILES string of the molecule is CCCC1=C(C(=O)OCC)[C@H](c2cc(OC)ccc2OC)n2c(s/c(=C\c3cc(OC)c(O)c([N+](=O)[O-])c3)c2=O)=N1. The average molecular weight is 584 g/mol. The van der Waals surface area contributed by atoms with Gasteiger partial charge in [0.15, 0.2) is 10.6 Å². The molecule has 3 aromatic rings. The Hall–Kier alpha value is -4.65. The Balaban J connectivity index is 2.06. The molecule has 0 unspecified atom stereocenters. The van der Waals surface area contributed by atoms with E-state index in [1.807, 2.05) is 6.92 Å². The van der Waals surface area contributed by atoms with Crippen molar-refractivity contribution in [3.8, 4) is 23.0 Å². The van der Waals surface area contributed by atoms with Gasteiger partial charge in [0, 0.05) is 11.6 Å². The third-order valence-corrected chi connectivity index (χ3v) is 7.40. The fourth-order valence-electron chi connectivity index (χ4n) is 4.61. The quantitative estimate of drug-likeness (QED) is 0.215. The van der Waals surface area contributed by atoms with E-state index >= 15 is 0 Å². The summed E-state index contributed by atoms with van der Waals surface area (Å²) in [6, 6.07) is 6.67. The molecule has 0 fully saturated rings. The first-order valence-electron chi connectivity index (χ1n) is 12.7. The third kappa shape index (κ3) is 5.53. The molecular weight excluding hydrogens is 554 g/mol. The van der Waals surface area contributed by atoms with E-state index in [9.17, 15) is 24.8 Å². The van der Waals surface area contributed by atoms with Gasteiger partial charge >= 0.3 is 11.7 Å². The third-order valence-electron chi connectivity index (χ3n) is 6.42. The summed E-state index contributed by atoms with van der Waals surface area (Å²) in [5.74, 6) is -0.438.